The van der Waals surface area contributed by atoms with Gasteiger partial charge in [-0.05, 0) is 30.2 Å². The molecule has 0 aromatic heterocycles. The highest BCUT2D eigenvalue weighted by Gasteiger charge is 2.08. The van der Waals surface area contributed by atoms with Crippen molar-refractivity contribution in [3.63, 3.8) is 0 Å². The minimum Gasteiger partial charge on any atom is -0.355 e. The van der Waals surface area contributed by atoms with E-state index >= 15 is 0 Å². The highest BCUT2D eigenvalue weighted by atomic mass is 14.9. The fourth-order valence-electron chi connectivity index (χ4n) is 1.89. The highest BCUT2D eigenvalue weighted by Crippen LogP contribution is 2.26. The molecule has 0 radical (unpaired) electrons. The van der Waals surface area contributed by atoms with Gasteiger partial charge in [0.1, 0.15) is 0 Å². The van der Waals surface area contributed by atoms with Gasteiger partial charge in [0.05, 0.1) is 0 Å². The van der Waals surface area contributed by atoms with Crippen LogP contribution in [0.5, 0.6) is 0 Å². The minimum absolute atomic E-state index is 0.155. The second-order valence-corrected chi connectivity index (χ2v) is 4.29. The maximum atomic E-state index is 6.03. The average Bonchev–Trinajstić information content (AvgIpc) is 2.41. The van der Waals surface area contributed by atoms with E-state index < -0.39 is 0 Å². The Hall–Kier alpha value is -2.06. The van der Waals surface area contributed by atoms with Crippen molar-refractivity contribution >= 4 is 11.4 Å². The van der Waals surface area contributed by atoms with Gasteiger partial charge in [-0.3, -0.25) is 0 Å². The maximum Gasteiger partial charge on any atom is 0.0499 e. The molecule has 0 bridgehead atoms. The van der Waals surface area contributed by atoms with Gasteiger partial charge < -0.3 is 11.1 Å². The average molecular weight is 238 g/mol. The van der Waals surface area contributed by atoms with Crippen LogP contribution in [0.1, 0.15) is 17.2 Å². The van der Waals surface area contributed by atoms with Crippen LogP contribution in [0.25, 0.3) is 0 Å². The molecule has 0 fully saturated rings. The summed E-state index contributed by atoms with van der Waals surface area (Å²) in [6, 6.07) is 16.1. The first kappa shape index (κ1) is 12.4. The summed E-state index contributed by atoms with van der Waals surface area (Å²) in [7, 11) is 0. The lowest BCUT2D eigenvalue weighted by molar-refractivity contribution is 0.917. The van der Waals surface area contributed by atoms with E-state index in [1.54, 1.807) is 6.08 Å². The fraction of sp³-hybridized carbons (Fsp3) is 0.125. The zero-order valence-corrected chi connectivity index (χ0v) is 10.6. The van der Waals surface area contributed by atoms with E-state index in [2.05, 4.69) is 31.0 Å². The van der Waals surface area contributed by atoms with E-state index in [4.69, 9.17) is 5.73 Å². The molecular formula is C16H18N2. The van der Waals surface area contributed by atoms with Crippen LogP contribution < -0.4 is 11.1 Å². The first-order valence-electron chi connectivity index (χ1n) is 6.02. The van der Waals surface area contributed by atoms with E-state index in [0.717, 1.165) is 16.9 Å². The molecule has 0 unspecified atom stereocenters. The van der Waals surface area contributed by atoms with Crippen molar-refractivity contribution in [3.8, 4) is 0 Å². The van der Waals surface area contributed by atoms with Gasteiger partial charge in [-0.15, -0.1) is 6.58 Å². The molecule has 2 heteroatoms. The molecule has 0 aliphatic heterocycles. The predicted octanol–water partition coefficient (Wildman–Crippen LogP) is 3.92. The third kappa shape index (κ3) is 2.60. The number of rotatable bonds is 4. The number of aryl methyl sites for hydroxylation is 1. The van der Waals surface area contributed by atoms with Gasteiger partial charge in [0.2, 0.25) is 0 Å². The maximum absolute atomic E-state index is 6.03. The summed E-state index contributed by atoms with van der Waals surface area (Å²) in [5.74, 6) is 0. The van der Waals surface area contributed by atoms with Crippen molar-refractivity contribution in [2.24, 2.45) is 5.73 Å². The van der Waals surface area contributed by atoms with Crippen molar-refractivity contribution in [2.45, 2.75) is 13.0 Å². The Labute approximate surface area is 108 Å². The molecule has 2 rings (SSSR count). The standard InChI is InChI=1S/C16H18N2/c1-3-14(17)13-9-5-7-11-16(13)18-15-10-6-4-8-12(15)2/h3-11,14,18H,1,17H2,2H3/t14-/m1/s1. The quantitative estimate of drug-likeness (QED) is 0.792. The number of nitrogens with two attached hydrogens (primary N) is 1. The molecule has 92 valence electrons. The molecule has 0 saturated heterocycles. The van der Waals surface area contributed by atoms with Gasteiger partial charge in [0.15, 0.2) is 0 Å². The molecule has 0 heterocycles. The second-order valence-electron chi connectivity index (χ2n) is 4.29. The molecule has 2 aromatic rings. The first-order valence-corrected chi connectivity index (χ1v) is 6.02. The molecule has 2 aromatic carbocycles. The molecule has 3 N–H and O–H groups in total. The van der Waals surface area contributed by atoms with E-state index in [0.29, 0.717) is 0 Å². The Morgan fingerprint density at radius 1 is 1.06 bits per heavy atom. The lowest BCUT2D eigenvalue weighted by atomic mass is 10.0. The SMILES string of the molecule is C=C[C@@H](N)c1ccccc1Nc1ccccc1C. The summed E-state index contributed by atoms with van der Waals surface area (Å²) in [5, 5.41) is 3.43. The van der Waals surface area contributed by atoms with Crippen molar-refractivity contribution < 1.29 is 0 Å². The van der Waals surface area contributed by atoms with Crippen LogP contribution in [0, 0.1) is 6.92 Å². The summed E-state index contributed by atoms with van der Waals surface area (Å²) < 4.78 is 0. The molecule has 2 nitrogen and oxygen atoms in total. The number of hydrogen-bond acceptors (Lipinski definition) is 2. The van der Waals surface area contributed by atoms with E-state index in [9.17, 15) is 0 Å². The molecule has 0 amide bonds. The predicted molar refractivity (Wildman–Crippen MR) is 78.0 cm³/mol. The zero-order valence-electron chi connectivity index (χ0n) is 10.6. The summed E-state index contributed by atoms with van der Waals surface area (Å²) in [6.07, 6.45) is 1.75. The third-order valence-electron chi connectivity index (χ3n) is 2.99. The second kappa shape index (κ2) is 5.52. The number of hydrogen-bond donors (Lipinski definition) is 2. The lowest BCUT2D eigenvalue weighted by Crippen LogP contribution is -2.09. The van der Waals surface area contributed by atoms with Crippen LogP contribution >= 0.6 is 0 Å². The van der Waals surface area contributed by atoms with Crippen LogP contribution in [0.4, 0.5) is 11.4 Å². The molecule has 0 saturated carbocycles. The normalized spacial score (nSPS) is 11.9. The molecular weight excluding hydrogens is 220 g/mol. The Bertz CT molecular complexity index is 546. The summed E-state index contributed by atoms with van der Waals surface area (Å²) >= 11 is 0. The monoisotopic (exact) mass is 238 g/mol. The van der Waals surface area contributed by atoms with Crippen molar-refractivity contribution in [1.82, 2.24) is 0 Å². The topological polar surface area (TPSA) is 38.0 Å². The molecule has 0 aliphatic carbocycles. The Kier molecular flexibility index (Phi) is 3.80. The van der Waals surface area contributed by atoms with Crippen molar-refractivity contribution in [1.29, 1.82) is 0 Å². The van der Waals surface area contributed by atoms with Crippen LogP contribution in [0.3, 0.4) is 0 Å². The number of nitrogens with one attached hydrogen (secondary N) is 1. The minimum atomic E-state index is -0.155. The van der Waals surface area contributed by atoms with Gasteiger partial charge in [-0.2, -0.15) is 0 Å². The van der Waals surface area contributed by atoms with Crippen LogP contribution in [-0.4, -0.2) is 0 Å². The Morgan fingerprint density at radius 3 is 2.33 bits per heavy atom. The Balaban J connectivity index is 2.35. The Morgan fingerprint density at radius 2 is 1.67 bits per heavy atom. The van der Waals surface area contributed by atoms with Crippen molar-refractivity contribution in [2.75, 3.05) is 5.32 Å². The largest absolute Gasteiger partial charge is 0.355 e. The van der Waals surface area contributed by atoms with Gasteiger partial charge in [-0.25, -0.2) is 0 Å². The van der Waals surface area contributed by atoms with Crippen molar-refractivity contribution in [3.05, 3.63) is 72.3 Å². The fourth-order valence-corrected chi connectivity index (χ4v) is 1.89. The van der Waals surface area contributed by atoms with E-state index in [1.165, 1.54) is 5.56 Å². The first-order chi connectivity index (χ1) is 8.72. The van der Waals surface area contributed by atoms with Crippen LogP contribution in [0.2, 0.25) is 0 Å². The number of para-hydroxylation sites is 2. The number of benzene rings is 2. The summed E-state index contributed by atoms with van der Waals surface area (Å²) in [5.41, 5.74) is 10.4. The molecule has 0 spiro atoms. The van der Waals surface area contributed by atoms with E-state index in [-0.39, 0.29) is 6.04 Å². The third-order valence-corrected chi connectivity index (χ3v) is 2.99. The smallest absolute Gasteiger partial charge is 0.0499 e. The van der Waals surface area contributed by atoms with Gasteiger partial charge >= 0.3 is 0 Å². The van der Waals surface area contributed by atoms with Gasteiger partial charge in [-0.1, -0.05) is 42.5 Å². The summed E-state index contributed by atoms with van der Waals surface area (Å²) in [6.45, 7) is 5.83. The van der Waals surface area contributed by atoms with Crippen LogP contribution in [-0.2, 0) is 0 Å². The van der Waals surface area contributed by atoms with E-state index in [1.807, 2.05) is 36.4 Å². The molecule has 0 aliphatic rings. The van der Waals surface area contributed by atoms with Gasteiger partial charge in [0.25, 0.3) is 0 Å². The zero-order chi connectivity index (χ0) is 13.0. The number of anilines is 2. The van der Waals surface area contributed by atoms with Crippen LogP contribution in [0.15, 0.2) is 61.2 Å². The lowest BCUT2D eigenvalue weighted by Gasteiger charge is -2.16. The van der Waals surface area contributed by atoms with Gasteiger partial charge in [0, 0.05) is 17.4 Å². The highest BCUT2D eigenvalue weighted by molar-refractivity contribution is 5.66. The molecule has 18 heavy (non-hydrogen) atoms. The summed E-state index contributed by atoms with van der Waals surface area (Å²) in [4.78, 5) is 0. The molecule has 1 atom stereocenters.